The molecular formula is C17H20ClN5O2. The lowest BCUT2D eigenvalue weighted by Crippen LogP contribution is -2.17. The Bertz CT molecular complexity index is 782. The van der Waals surface area contributed by atoms with Crippen molar-refractivity contribution < 1.29 is 9.53 Å². The largest absolute Gasteiger partial charge is 0.453 e. The van der Waals surface area contributed by atoms with Crippen LogP contribution < -0.4 is 16.4 Å². The molecule has 4 N–H and O–H groups in total. The minimum absolute atomic E-state index is 0.0255. The first-order chi connectivity index (χ1) is 12.0. The third-order valence-corrected chi connectivity index (χ3v) is 3.93. The molecule has 0 bridgehead atoms. The molecule has 1 unspecified atom stereocenters. The molecule has 0 aliphatic rings. The van der Waals surface area contributed by atoms with Crippen LogP contribution in [0.1, 0.15) is 18.2 Å². The monoisotopic (exact) mass is 361 g/mol. The van der Waals surface area contributed by atoms with Gasteiger partial charge in [0.15, 0.2) is 5.15 Å². The fraction of sp³-hybridized carbons (Fsp3) is 0.235. The van der Waals surface area contributed by atoms with Crippen LogP contribution in [-0.4, -0.2) is 30.4 Å². The smallest absolute Gasteiger partial charge is 0.411 e. The summed E-state index contributed by atoms with van der Waals surface area (Å²) in [6, 6.07) is 6.91. The summed E-state index contributed by atoms with van der Waals surface area (Å²) in [6.45, 7) is 3.75. The van der Waals surface area contributed by atoms with E-state index in [1.54, 1.807) is 24.3 Å². The van der Waals surface area contributed by atoms with Crippen LogP contribution in [0.3, 0.4) is 0 Å². The second kappa shape index (κ2) is 8.46. The molecule has 132 valence electrons. The van der Waals surface area contributed by atoms with E-state index in [-0.39, 0.29) is 11.2 Å². The van der Waals surface area contributed by atoms with E-state index < -0.39 is 6.09 Å². The highest BCUT2D eigenvalue weighted by Crippen LogP contribution is 2.33. The average Bonchev–Trinajstić information content (AvgIpc) is 2.60. The molecule has 7 nitrogen and oxygen atoms in total. The summed E-state index contributed by atoms with van der Waals surface area (Å²) in [4.78, 5) is 11.3. The molecule has 2 rings (SSSR count). The molecule has 0 saturated carbocycles. The van der Waals surface area contributed by atoms with Crippen molar-refractivity contribution in [2.75, 3.05) is 25.2 Å². The molecule has 0 spiro atoms. The third kappa shape index (κ3) is 4.46. The molecule has 1 aromatic heterocycles. The quantitative estimate of drug-likeness (QED) is 0.538. The van der Waals surface area contributed by atoms with Crippen LogP contribution in [0.2, 0.25) is 5.15 Å². The number of amides is 1. The number of rotatable bonds is 6. The van der Waals surface area contributed by atoms with Gasteiger partial charge < -0.3 is 15.8 Å². The molecule has 0 saturated heterocycles. The minimum atomic E-state index is -0.570. The Kier molecular flexibility index (Phi) is 6.32. The van der Waals surface area contributed by atoms with E-state index in [2.05, 4.69) is 32.1 Å². The van der Waals surface area contributed by atoms with Crippen molar-refractivity contribution in [3.05, 3.63) is 47.8 Å². The van der Waals surface area contributed by atoms with Gasteiger partial charge in [-0.15, -0.1) is 11.7 Å². The van der Waals surface area contributed by atoms with E-state index in [1.165, 1.54) is 7.11 Å². The van der Waals surface area contributed by atoms with Crippen LogP contribution >= 0.6 is 11.6 Å². The van der Waals surface area contributed by atoms with Crippen molar-refractivity contribution >= 4 is 29.1 Å². The molecule has 1 atom stereocenters. The van der Waals surface area contributed by atoms with E-state index in [9.17, 15) is 4.79 Å². The summed E-state index contributed by atoms with van der Waals surface area (Å²) in [5, 5.41) is 14.1. The van der Waals surface area contributed by atoms with Crippen molar-refractivity contribution in [3.8, 4) is 11.1 Å². The standard InChI is InChI=1S/C17H20ClN5O2/c1-4-5-14(20-2)15-9-12(16(18)23-22-15)11-7-6-10(8-13(11)19)21-17(24)25-3/h4,6-9,14,20H,1,5,19H2,2-3H3,(H,21,24). The van der Waals surface area contributed by atoms with Gasteiger partial charge in [0.05, 0.1) is 18.8 Å². The summed E-state index contributed by atoms with van der Waals surface area (Å²) in [7, 11) is 3.13. The first-order valence-electron chi connectivity index (χ1n) is 7.56. The lowest BCUT2D eigenvalue weighted by Gasteiger charge is -2.15. The van der Waals surface area contributed by atoms with Gasteiger partial charge in [0.1, 0.15) is 0 Å². The van der Waals surface area contributed by atoms with Gasteiger partial charge in [-0.25, -0.2) is 4.79 Å². The van der Waals surface area contributed by atoms with Gasteiger partial charge in [0.25, 0.3) is 0 Å². The number of carbonyl (C=O) groups is 1. The van der Waals surface area contributed by atoms with E-state index in [0.29, 0.717) is 28.9 Å². The van der Waals surface area contributed by atoms with Gasteiger partial charge in [0.2, 0.25) is 0 Å². The van der Waals surface area contributed by atoms with Crippen LogP contribution in [0.15, 0.2) is 36.9 Å². The molecule has 1 amide bonds. The number of anilines is 2. The number of nitrogens with zero attached hydrogens (tertiary/aromatic N) is 2. The molecule has 8 heteroatoms. The van der Waals surface area contributed by atoms with E-state index in [0.717, 1.165) is 5.69 Å². The summed E-state index contributed by atoms with van der Waals surface area (Å²) in [5.74, 6) is 0. The lowest BCUT2D eigenvalue weighted by atomic mass is 10.0. The Balaban J connectivity index is 2.40. The Morgan fingerprint density at radius 2 is 2.16 bits per heavy atom. The summed E-state index contributed by atoms with van der Waals surface area (Å²) >= 11 is 6.21. The zero-order valence-electron chi connectivity index (χ0n) is 14.0. The van der Waals surface area contributed by atoms with Gasteiger partial charge >= 0.3 is 6.09 Å². The first-order valence-corrected chi connectivity index (χ1v) is 7.94. The highest BCUT2D eigenvalue weighted by molar-refractivity contribution is 6.32. The number of benzene rings is 1. The Labute approximate surface area is 151 Å². The molecule has 25 heavy (non-hydrogen) atoms. The van der Waals surface area contributed by atoms with Crippen LogP contribution in [-0.2, 0) is 4.74 Å². The first kappa shape index (κ1) is 18.7. The van der Waals surface area contributed by atoms with Gasteiger partial charge in [-0.05, 0) is 31.7 Å². The number of ether oxygens (including phenoxy) is 1. The predicted molar refractivity (Wildman–Crippen MR) is 99.5 cm³/mol. The number of nitrogens with one attached hydrogen (secondary N) is 2. The highest BCUT2D eigenvalue weighted by atomic mass is 35.5. The minimum Gasteiger partial charge on any atom is -0.453 e. The van der Waals surface area contributed by atoms with Crippen molar-refractivity contribution in [2.24, 2.45) is 0 Å². The SMILES string of the molecule is C=CCC(NC)c1cc(-c2ccc(NC(=O)OC)cc2N)c(Cl)nn1. The van der Waals surface area contributed by atoms with E-state index >= 15 is 0 Å². The Morgan fingerprint density at radius 3 is 2.76 bits per heavy atom. The predicted octanol–water partition coefficient (Wildman–Crippen LogP) is 3.39. The number of aromatic nitrogens is 2. The molecule has 0 radical (unpaired) electrons. The summed E-state index contributed by atoms with van der Waals surface area (Å²) in [6.07, 6.45) is 1.93. The van der Waals surface area contributed by atoms with Crippen molar-refractivity contribution in [3.63, 3.8) is 0 Å². The molecule has 1 aromatic carbocycles. The average molecular weight is 362 g/mol. The van der Waals surface area contributed by atoms with E-state index in [4.69, 9.17) is 17.3 Å². The van der Waals surface area contributed by atoms with Crippen LogP contribution in [0, 0.1) is 0 Å². The fourth-order valence-electron chi connectivity index (χ4n) is 2.36. The van der Waals surface area contributed by atoms with Crippen molar-refractivity contribution in [1.82, 2.24) is 15.5 Å². The number of nitrogens with two attached hydrogens (primary N) is 1. The van der Waals surface area contributed by atoms with Crippen molar-refractivity contribution in [2.45, 2.75) is 12.5 Å². The molecule has 2 aromatic rings. The van der Waals surface area contributed by atoms with Crippen LogP contribution in [0.4, 0.5) is 16.2 Å². The van der Waals surface area contributed by atoms with Gasteiger partial charge in [-0.1, -0.05) is 23.7 Å². The Hall–Kier alpha value is -2.64. The summed E-state index contributed by atoms with van der Waals surface area (Å²) in [5.41, 5.74) is 9.19. The van der Waals surface area contributed by atoms with Gasteiger partial charge in [0, 0.05) is 22.5 Å². The zero-order chi connectivity index (χ0) is 18.4. The number of halogens is 1. The molecule has 0 aliphatic heterocycles. The number of carbonyl (C=O) groups excluding carboxylic acids is 1. The number of methoxy groups -OCH3 is 1. The highest BCUT2D eigenvalue weighted by Gasteiger charge is 2.16. The lowest BCUT2D eigenvalue weighted by molar-refractivity contribution is 0.187. The van der Waals surface area contributed by atoms with Gasteiger partial charge in [-0.2, -0.15) is 5.10 Å². The normalized spacial score (nSPS) is 11.6. The fourth-order valence-corrected chi connectivity index (χ4v) is 2.55. The zero-order valence-corrected chi connectivity index (χ0v) is 14.8. The second-order valence-corrected chi connectivity index (χ2v) is 5.62. The number of nitrogen functional groups attached to an aromatic ring is 1. The van der Waals surface area contributed by atoms with Crippen LogP contribution in [0.5, 0.6) is 0 Å². The van der Waals surface area contributed by atoms with E-state index in [1.807, 2.05) is 13.1 Å². The van der Waals surface area contributed by atoms with Gasteiger partial charge in [-0.3, -0.25) is 5.32 Å². The molecular weight excluding hydrogens is 342 g/mol. The van der Waals surface area contributed by atoms with Crippen LogP contribution in [0.25, 0.3) is 11.1 Å². The molecule has 1 heterocycles. The molecule has 0 aliphatic carbocycles. The number of hydrogen-bond donors (Lipinski definition) is 3. The topological polar surface area (TPSA) is 102 Å². The number of hydrogen-bond acceptors (Lipinski definition) is 6. The maximum atomic E-state index is 11.3. The Morgan fingerprint density at radius 1 is 1.40 bits per heavy atom. The maximum Gasteiger partial charge on any atom is 0.411 e. The molecule has 0 fully saturated rings. The summed E-state index contributed by atoms with van der Waals surface area (Å²) < 4.78 is 4.56. The maximum absolute atomic E-state index is 11.3. The third-order valence-electron chi connectivity index (χ3n) is 3.65. The second-order valence-electron chi connectivity index (χ2n) is 5.26. The van der Waals surface area contributed by atoms with Crippen molar-refractivity contribution in [1.29, 1.82) is 0 Å².